The lowest BCUT2D eigenvalue weighted by Crippen LogP contribution is -2.31. The Morgan fingerprint density at radius 2 is 2.11 bits per heavy atom. The van der Waals surface area contributed by atoms with E-state index >= 15 is 0 Å². The van der Waals surface area contributed by atoms with Gasteiger partial charge in [-0.2, -0.15) is 0 Å². The predicted molar refractivity (Wildman–Crippen MR) is 79.5 cm³/mol. The molecule has 4 heteroatoms. The Hall–Kier alpha value is -1.55. The van der Waals surface area contributed by atoms with Crippen molar-refractivity contribution in [3.8, 4) is 0 Å². The maximum Gasteiger partial charge on any atom is 0.221 e. The van der Waals surface area contributed by atoms with Crippen LogP contribution in [0, 0.1) is 0 Å². The molecule has 0 aromatic heterocycles. The molecule has 2 N–H and O–H groups in total. The predicted octanol–water partition coefficient (Wildman–Crippen LogP) is 2.54. The highest BCUT2D eigenvalue weighted by Gasteiger charge is 2.23. The summed E-state index contributed by atoms with van der Waals surface area (Å²) in [5, 5.41) is 6.35. The first-order chi connectivity index (χ1) is 9.04. The highest BCUT2D eigenvalue weighted by molar-refractivity contribution is 5.89. The molecule has 19 heavy (non-hydrogen) atoms. The lowest BCUT2D eigenvalue weighted by atomic mass is 10.2. The van der Waals surface area contributed by atoms with E-state index in [9.17, 15) is 4.79 Å². The molecule has 0 spiro atoms. The minimum atomic E-state index is -0.0380. The van der Waals surface area contributed by atoms with Gasteiger partial charge in [0.25, 0.3) is 0 Å². The molecule has 0 radical (unpaired) electrons. The van der Waals surface area contributed by atoms with Gasteiger partial charge in [0.1, 0.15) is 0 Å². The molecule has 1 aromatic carbocycles. The Balaban J connectivity index is 1.94. The van der Waals surface area contributed by atoms with Crippen molar-refractivity contribution in [1.82, 2.24) is 4.90 Å². The quantitative estimate of drug-likeness (QED) is 0.875. The summed E-state index contributed by atoms with van der Waals surface area (Å²) in [6, 6.07) is 9.00. The number of hydrogen-bond acceptors (Lipinski definition) is 3. The molecule has 1 atom stereocenters. The minimum Gasteiger partial charge on any atom is -0.381 e. The first-order valence-electron chi connectivity index (χ1n) is 6.93. The smallest absolute Gasteiger partial charge is 0.221 e. The van der Waals surface area contributed by atoms with Crippen LogP contribution < -0.4 is 10.6 Å². The maximum atomic E-state index is 11.0. The Kier molecular flexibility index (Phi) is 4.43. The van der Waals surface area contributed by atoms with Crippen molar-refractivity contribution in [2.24, 2.45) is 0 Å². The number of amides is 1. The van der Waals surface area contributed by atoms with E-state index in [-0.39, 0.29) is 5.91 Å². The summed E-state index contributed by atoms with van der Waals surface area (Å²) < 4.78 is 0. The number of carbonyl (C=O) groups excluding carboxylic acids is 1. The molecule has 104 valence electrons. The van der Waals surface area contributed by atoms with E-state index in [4.69, 9.17) is 0 Å². The summed E-state index contributed by atoms with van der Waals surface area (Å²) in [5.41, 5.74) is 1.91. The van der Waals surface area contributed by atoms with Crippen molar-refractivity contribution in [1.29, 1.82) is 0 Å². The summed E-state index contributed by atoms with van der Waals surface area (Å²) in [6.07, 6.45) is 1.17. The van der Waals surface area contributed by atoms with Crippen LogP contribution in [0.2, 0.25) is 0 Å². The largest absolute Gasteiger partial charge is 0.381 e. The summed E-state index contributed by atoms with van der Waals surface area (Å²) in [4.78, 5) is 13.5. The Labute approximate surface area is 115 Å². The molecule has 0 saturated carbocycles. The second-order valence-corrected chi connectivity index (χ2v) is 5.48. The van der Waals surface area contributed by atoms with Gasteiger partial charge in [-0.05, 0) is 38.5 Å². The van der Waals surface area contributed by atoms with Crippen LogP contribution in [0.25, 0.3) is 0 Å². The molecule has 0 bridgehead atoms. The third-order valence-electron chi connectivity index (χ3n) is 3.50. The zero-order valence-corrected chi connectivity index (χ0v) is 11.9. The van der Waals surface area contributed by atoms with Crippen LogP contribution in [0.3, 0.4) is 0 Å². The van der Waals surface area contributed by atoms with Crippen molar-refractivity contribution in [3.05, 3.63) is 24.3 Å². The monoisotopic (exact) mass is 261 g/mol. The zero-order valence-electron chi connectivity index (χ0n) is 11.9. The molecule has 1 aliphatic heterocycles. The standard InChI is InChI=1S/C15H23N3O/c1-11(2)18-8-7-15(10-18)17-14-6-4-5-13(9-14)16-12(3)19/h4-6,9,11,15,17H,7-8,10H2,1-3H3,(H,16,19). The molecule has 1 unspecified atom stereocenters. The van der Waals surface area contributed by atoms with Crippen molar-refractivity contribution < 1.29 is 4.79 Å². The lowest BCUT2D eigenvalue weighted by Gasteiger charge is -2.21. The fourth-order valence-corrected chi connectivity index (χ4v) is 2.50. The number of nitrogens with zero attached hydrogens (tertiary/aromatic N) is 1. The van der Waals surface area contributed by atoms with Crippen LogP contribution in [0.5, 0.6) is 0 Å². The summed E-state index contributed by atoms with van der Waals surface area (Å²) in [5.74, 6) is -0.0380. The summed E-state index contributed by atoms with van der Waals surface area (Å²) >= 11 is 0. The van der Waals surface area contributed by atoms with Crippen LogP contribution in [-0.4, -0.2) is 36.0 Å². The number of hydrogen-bond donors (Lipinski definition) is 2. The third kappa shape index (κ3) is 3.96. The molecule has 1 saturated heterocycles. The van der Waals surface area contributed by atoms with Gasteiger partial charge in [0, 0.05) is 43.5 Å². The van der Waals surface area contributed by atoms with Crippen molar-refractivity contribution in [3.63, 3.8) is 0 Å². The number of anilines is 2. The number of nitrogens with one attached hydrogen (secondary N) is 2. The van der Waals surface area contributed by atoms with E-state index in [0.29, 0.717) is 12.1 Å². The average Bonchev–Trinajstić information content (AvgIpc) is 2.77. The van der Waals surface area contributed by atoms with E-state index in [1.807, 2.05) is 24.3 Å². The number of benzene rings is 1. The number of rotatable bonds is 4. The van der Waals surface area contributed by atoms with E-state index in [0.717, 1.165) is 24.5 Å². The SMILES string of the molecule is CC(=O)Nc1cccc(NC2CCN(C(C)C)C2)c1. The maximum absolute atomic E-state index is 11.0. The van der Waals surface area contributed by atoms with E-state index < -0.39 is 0 Å². The second kappa shape index (κ2) is 6.06. The van der Waals surface area contributed by atoms with E-state index in [1.54, 1.807) is 0 Å². The Morgan fingerprint density at radius 1 is 1.37 bits per heavy atom. The molecule has 1 fully saturated rings. The van der Waals surface area contributed by atoms with Gasteiger partial charge in [-0.25, -0.2) is 0 Å². The topological polar surface area (TPSA) is 44.4 Å². The normalized spacial score (nSPS) is 19.7. The zero-order chi connectivity index (χ0) is 13.8. The third-order valence-corrected chi connectivity index (χ3v) is 3.50. The number of carbonyl (C=O) groups is 1. The van der Waals surface area contributed by atoms with Crippen molar-refractivity contribution >= 4 is 17.3 Å². The van der Waals surface area contributed by atoms with Gasteiger partial charge in [-0.15, -0.1) is 0 Å². The van der Waals surface area contributed by atoms with Gasteiger partial charge in [-0.3, -0.25) is 9.69 Å². The van der Waals surface area contributed by atoms with Crippen LogP contribution in [0.15, 0.2) is 24.3 Å². The Bertz CT molecular complexity index is 445. The molecule has 1 heterocycles. The Morgan fingerprint density at radius 3 is 2.74 bits per heavy atom. The van der Waals surface area contributed by atoms with E-state index in [1.165, 1.54) is 13.3 Å². The fraction of sp³-hybridized carbons (Fsp3) is 0.533. The molecule has 0 aliphatic carbocycles. The molecule has 1 aromatic rings. The van der Waals surface area contributed by atoms with Gasteiger partial charge in [0.05, 0.1) is 0 Å². The first kappa shape index (κ1) is 13.9. The second-order valence-electron chi connectivity index (χ2n) is 5.48. The molecule has 1 amide bonds. The van der Waals surface area contributed by atoms with Gasteiger partial charge in [0.15, 0.2) is 0 Å². The van der Waals surface area contributed by atoms with Gasteiger partial charge < -0.3 is 10.6 Å². The lowest BCUT2D eigenvalue weighted by molar-refractivity contribution is -0.114. The van der Waals surface area contributed by atoms with E-state index in [2.05, 4.69) is 29.4 Å². The highest BCUT2D eigenvalue weighted by Crippen LogP contribution is 2.20. The molecule has 4 nitrogen and oxygen atoms in total. The van der Waals surface area contributed by atoms with Gasteiger partial charge in [0.2, 0.25) is 5.91 Å². The molecule has 1 aliphatic rings. The van der Waals surface area contributed by atoms with Gasteiger partial charge >= 0.3 is 0 Å². The van der Waals surface area contributed by atoms with Crippen LogP contribution >= 0.6 is 0 Å². The van der Waals surface area contributed by atoms with Crippen LogP contribution in [0.1, 0.15) is 27.2 Å². The highest BCUT2D eigenvalue weighted by atomic mass is 16.1. The first-order valence-corrected chi connectivity index (χ1v) is 6.93. The van der Waals surface area contributed by atoms with Gasteiger partial charge in [-0.1, -0.05) is 6.07 Å². The molecular weight excluding hydrogens is 238 g/mol. The number of likely N-dealkylation sites (tertiary alicyclic amines) is 1. The summed E-state index contributed by atoms with van der Waals surface area (Å²) in [6.45, 7) is 8.24. The molecule has 2 rings (SSSR count). The summed E-state index contributed by atoms with van der Waals surface area (Å²) in [7, 11) is 0. The fourth-order valence-electron chi connectivity index (χ4n) is 2.50. The van der Waals surface area contributed by atoms with Crippen LogP contribution in [0.4, 0.5) is 11.4 Å². The average molecular weight is 261 g/mol. The van der Waals surface area contributed by atoms with Crippen molar-refractivity contribution in [2.75, 3.05) is 23.7 Å². The van der Waals surface area contributed by atoms with Crippen molar-refractivity contribution in [2.45, 2.75) is 39.3 Å². The molecular formula is C15H23N3O. The van der Waals surface area contributed by atoms with Crippen LogP contribution in [-0.2, 0) is 4.79 Å². The minimum absolute atomic E-state index is 0.0380.